The van der Waals surface area contributed by atoms with Gasteiger partial charge in [-0.1, -0.05) is 18.2 Å². The topological polar surface area (TPSA) is 98.1 Å². The molecule has 5 rings (SSSR count). The number of nitrogens with zero attached hydrogens (tertiary/aromatic N) is 4. The molecule has 3 aromatic rings. The number of benzene rings is 3. The van der Waals surface area contributed by atoms with Gasteiger partial charge in [0.05, 0.1) is 32.0 Å². The average molecular weight is 607 g/mol. The number of aliphatic imine (C=N–C) groups is 1. The Labute approximate surface area is 247 Å². The minimum absolute atomic E-state index is 0.152. The summed E-state index contributed by atoms with van der Waals surface area (Å²) in [5.41, 5.74) is 1.22. The van der Waals surface area contributed by atoms with Gasteiger partial charge in [-0.05, 0) is 36.4 Å². The number of guanidine groups is 1. The normalized spacial score (nSPS) is 14.3. The van der Waals surface area contributed by atoms with Gasteiger partial charge < -0.3 is 34.4 Å². The lowest BCUT2D eigenvalue weighted by Gasteiger charge is -2.42. The first-order valence-electron chi connectivity index (χ1n) is 13.2. The summed E-state index contributed by atoms with van der Waals surface area (Å²) in [5.74, 6) is 0.114. The van der Waals surface area contributed by atoms with Gasteiger partial charge in [0.2, 0.25) is 5.96 Å². The SMILES string of the molecule is CC(=O)O.CO.COc1cccc(N2CCN(C3=Nc4c(F)cccc4CN3c3cc(C(F)(F)F)ccc3OC)CC2)c1. The monoisotopic (exact) mass is 606 g/mol. The zero-order valence-electron chi connectivity index (χ0n) is 24.2. The van der Waals surface area contributed by atoms with E-state index in [1.807, 2.05) is 29.2 Å². The molecule has 13 heteroatoms. The molecule has 2 aliphatic rings. The third-order valence-corrected chi connectivity index (χ3v) is 6.63. The molecule has 232 valence electrons. The van der Waals surface area contributed by atoms with Crippen LogP contribution in [0, 0.1) is 5.82 Å². The highest BCUT2D eigenvalue weighted by Crippen LogP contribution is 2.40. The lowest BCUT2D eigenvalue weighted by atomic mass is 10.1. The molecule has 0 aliphatic carbocycles. The van der Waals surface area contributed by atoms with Gasteiger partial charge in [-0.15, -0.1) is 0 Å². The number of carboxylic acids is 1. The highest BCUT2D eigenvalue weighted by Gasteiger charge is 2.35. The van der Waals surface area contributed by atoms with E-state index in [1.54, 1.807) is 24.1 Å². The number of rotatable bonds is 4. The molecular formula is C30H34F4N4O5. The van der Waals surface area contributed by atoms with E-state index in [2.05, 4.69) is 9.89 Å². The second kappa shape index (κ2) is 14.6. The largest absolute Gasteiger partial charge is 0.497 e. The van der Waals surface area contributed by atoms with Gasteiger partial charge >= 0.3 is 6.18 Å². The molecule has 0 aromatic heterocycles. The fraction of sp³-hybridized carbons (Fsp3) is 0.333. The van der Waals surface area contributed by atoms with Crippen molar-refractivity contribution in [3.63, 3.8) is 0 Å². The first-order valence-corrected chi connectivity index (χ1v) is 13.2. The quantitative estimate of drug-likeness (QED) is 0.382. The summed E-state index contributed by atoms with van der Waals surface area (Å²) in [6.07, 6.45) is -4.53. The van der Waals surface area contributed by atoms with Crippen LogP contribution in [0.4, 0.5) is 34.6 Å². The second-order valence-corrected chi connectivity index (χ2v) is 9.32. The Morgan fingerprint density at radius 2 is 1.53 bits per heavy atom. The van der Waals surface area contributed by atoms with Crippen molar-refractivity contribution in [2.45, 2.75) is 19.6 Å². The zero-order valence-corrected chi connectivity index (χ0v) is 24.2. The Morgan fingerprint density at radius 1 is 0.907 bits per heavy atom. The van der Waals surface area contributed by atoms with Crippen LogP contribution in [0.2, 0.25) is 0 Å². The second-order valence-electron chi connectivity index (χ2n) is 9.32. The van der Waals surface area contributed by atoms with Crippen molar-refractivity contribution in [3.8, 4) is 11.5 Å². The van der Waals surface area contributed by atoms with Crippen molar-refractivity contribution in [1.29, 1.82) is 0 Å². The van der Waals surface area contributed by atoms with E-state index in [0.29, 0.717) is 37.7 Å². The van der Waals surface area contributed by atoms with Gasteiger partial charge in [-0.2, -0.15) is 13.2 Å². The van der Waals surface area contributed by atoms with E-state index in [-0.39, 0.29) is 23.7 Å². The Balaban J connectivity index is 0.000000780. The maximum atomic E-state index is 14.7. The summed E-state index contributed by atoms with van der Waals surface area (Å²) in [4.78, 5) is 19.5. The molecule has 0 bridgehead atoms. The zero-order chi connectivity index (χ0) is 31.7. The molecule has 9 nitrogen and oxygen atoms in total. The number of halogens is 4. The summed E-state index contributed by atoms with van der Waals surface area (Å²) in [6.45, 7) is 3.60. The average Bonchev–Trinajstić information content (AvgIpc) is 3.01. The number of aliphatic carboxylic acids is 1. The molecule has 0 atom stereocenters. The summed E-state index contributed by atoms with van der Waals surface area (Å²) >= 11 is 0. The van der Waals surface area contributed by atoms with Crippen LogP contribution in [0.5, 0.6) is 11.5 Å². The lowest BCUT2D eigenvalue weighted by molar-refractivity contribution is -0.137. The van der Waals surface area contributed by atoms with Gasteiger partial charge in [0.1, 0.15) is 23.0 Å². The van der Waals surface area contributed by atoms with E-state index in [0.717, 1.165) is 37.6 Å². The summed E-state index contributed by atoms with van der Waals surface area (Å²) in [5, 5.41) is 14.4. The van der Waals surface area contributed by atoms with Crippen LogP contribution in [0.3, 0.4) is 0 Å². The van der Waals surface area contributed by atoms with Crippen LogP contribution in [-0.2, 0) is 17.5 Å². The molecule has 2 N–H and O–H groups in total. The van der Waals surface area contributed by atoms with Crippen LogP contribution in [-0.4, -0.2) is 74.6 Å². The Morgan fingerprint density at radius 3 is 2.14 bits per heavy atom. The number of carboxylic acid groups (broad SMARTS) is 1. The molecule has 0 radical (unpaired) electrons. The van der Waals surface area contributed by atoms with Crippen molar-refractivity contribution in [3.05, 3.63) is 77.6 Å². The maximum absolute atomic E-state index is 14.7. The molecule has 0 amide bonds. The van der Waals surface area contributed by atoms with Crippen LogP contribution in [0.15, 0.2) is 65.7 Å². The fourth-order valence-corrected chi connectivity index (χ4v) is 4.70. The van der Waals surface area contributed by atoms with Gasteiger partial charge in [0, 0.05) is 57.5 Å². The maximum Gasteiger partial charge on any atom is 0.416 e. The van der Waals surface area contributed by atoms with Crippen molar-refractivity contribution < 1.29 is 42.0 Å². The number of hydrogen-bond donors (Lipinski definition) is 2. The molecule has 0 unspecified atom stereocenters. The highest BCUT2D eigenvalue weighted by atomic mass is 19.4. The van der Waals surface area contributed by atoms with Gasteiger partial charge in [-0.25, -0.2) is 9.38 Å². The van der Waals surface area contributed by atoms with Crippen molar-refractivity contribution in [1.82, 2.24) is 4.90 Å². The molecule has 3 aromatic carbocycles. The molecular weight excluding hydrogens is 572 g/mol. The Kier molecular flexibility index (Phi) is 11.2. The van der Waals surface area contributed by atoms with Gasteiger partial charge in [0.15, 0.2) is 0 Å². The smallest absolute Gasteiger partial charge is 0.416 e. The molecule has 1 saturated heterocycles. The number of ether oxygens (including phenoxy) is 2. The van der Waals surface area contributed by atoms with E-state index in [4.69, 9.17) is 24.5 Å². The Hall–Kier alpha value is -4.52. The number of hydrogen-bond acceptors (Lipinski definition) is 8. The first-order chi connectivity index (χ1) is 20.5. The molecule has 0 saturated carbocycles. The molecule has 2 heterocycles. The van der Waals surface area contributed by atoms with E-state index >= 15 is 0 Å². The van der Waals surface area contributed by atoms with Crippen molar-refractivity contribution >= 4 is 29.0 Å². The Bertz CT molecular complexity index is 1420. The first kappa shape index (κ1) is 33.0. The van der Waals surface area contributed by atoms with E-state index in [9.17, 15) is 17.6 Å². The summed E-state index contributed by atoms with van der Waals surface area (Å²) in [7, 11) is 4.03. The van der Waals surface area contributed by atoms with Crippen LogP contribution in [0.1, 0.15) is 18.1 Å². The number of aliphatic hydroxyl groups excluding tert-OH is 1. The summed E-state index contributed by atoms with van der Waals surface area (Å²) < 4.78 is 66.3. The fourth-order valence-electron chi connectivity index (χ4n) is 4.70. The number of anilines is 2. The highest BCUT2D eigenvalue weighted by molar-refractivity contribution is 6.01. The van der Waals surface area contributed by atoms with E-state index in [1.165, 1.54) is 19.2 Å². The molecule has 43 heavy (non-hydrogen) atoms. The number of methoxy groups -OCH3 is 2. The van der Waals surface area contributed by atoms with E-state index < -0.39 is 23.5 Å². The van der Waals surface area contributed by atoms with Gasteiger partial charge in [-0.3, -0.25) is 4.79 Å². The number of alkyl halides is 3. The van der Waals surface area contributed by atoms with Crippen LogP contribution < -0.4 is 19.3 Å². The molecule has 0 spiro atoms. The predicted molar refractivity (Wildman–Crippen MR) is 156 cm³/mol. The predicted octanol–water partition coefficient (Wildman–Crippen LogP) is 5.39. The third-order valence-electron chi connectivity index (χ3n) is 6.63. The van der Waals surface area contributed by atoms with Crippen molar-refractivity contribution in [2.75, 3.05) is 57.3 Å². The minimum Gasteiger partial charge on any atom is -0.497 e. The number of aliphatic hydroxyl groups is 1. The standard InChI is InChI=1S/C27H26F4N4O2.C2H4O2.CH4O/c1-36-21-7-4-6-20(16-21)33-11-13-34(14-12-33)26-32-25-18(5-3-8-22(25)28)17-35(26)23-15-19(27(29,30)31)9-10-24(23)37-2;1-2(3)4;1-2/h3-10,15-16H,11-14,17H2,1-2H3;1H3,(H,3,4);2H,1H3. The number of piperazine rings is 1. The van der Waals surface area contributed by atoms with Crippen LogP contribution in [0.25, 0.3) is 0 Å². The molecule has 1 fully saturated rings. The number of fused-ring (bicyclic) bond motifs is 1. The number of carbonyl (C=O) groups is 1. The molecule has 2 aliphatic heterocycles. The van der Waals surface area contributed by atoms with Crippen molar-refractivity contribution in [2.24, 2.45) is 4.99 Å². The van der Waals surface area contributed by atoms with Crippen LogP contribution >= 0.6 is 0 Å². The lowest BCUT2D eigenvalue weighted by Crippen LogP contribution is -2.54. The minimum atomic E-state index is -4.53. The van der Waals surface area contributed by atoms with Gasteiger partial charge in [0.25, 0.3) is 5.97 Å². The summed E-state index contributed by atoms with van der Waals surface area (Å²) in [6, 6.07) is 15.8. The third kappa shape index (κ3) is 8.07. The number of para-hydroxylation sites is 1.